The molecule has 142 valence electrons. The maximum Gasteiger partial charge on any atom is 0.272 e. The van der Waals surface area contributed by atoms with Gasteiger partial charge in [-0.2, -0.15) is 5.10 Å². The van der Waals surface area contributed by atoms with Crippen molar-refractivity contribution in [2.75, 3.05) is 0 Å². The van der Waals surface area contributed by atoms with E-state index < -0.39 is 5.91 Å². The molecule has 4 rings (SSSR count). The lowest BCUT2D eigenvalue weighted by atomic mass is 10.1. The van der Waals surface area contributed by atoms with Crippen LogP contribution in [0.2, 0.25) is 0 Å². The van der Waals surface area contributed by atoms with Crippen LogP contribution in [0, 0.1) is 0 Å². The van der Waals surface area contributed by atoms with Gasteiger partial charge in [-0.1, -0.05) is 24.3 Å². The summed E-state index contributed by atoms with van der Waals surface area (Å²) in [7, 11) is 0. The second kappa shape index (κ2) is 7.77. The van der Waals surface area contributed by atoms with Gasteiger partial charge in [0, 0.05) is 23.2 Å². The first-order valence-electron chi connectivity index (χ1n) is 8.78. The summed E-state index contributed by atoms with van der Waals surface area (Å²) < 4.78 is 0. The number of hydrazone groups is 1. The number of para-hydroxylation sites is 1. The monoisotopic (exact) mass is 384 g/mol. The number of fused-ring (bicyclic) bond motifs is 1. The van der Waals surface area contributed by atoms with Gasteiger partial charge in [-0.25, -0.2) is 10.4 Å². The van der Waals surface area contributed by atoms with Crippen LogP contribution in [0.4, 0.5) is 0 Å². The Kier molecular flexibility index (Phi) is 4.86. The van der Waals surface area contributed by atoms with Crippen molar-refractivity contribution in [2.24, 2.45) is 5.10 Å². The van der Waals surface area contributed by atoms with Gasteiger partial charge in [-0.3, -0.25) is 9.78 Å². The van der Waals surface area contributed by atoms with Crippen molar-refractivity contribution in [3.8, 4) is 22.9 Å². The highest BCUT2D eigenvalue weighted by molar-refractivity contribution is 6.07. The first kappa shape index (κ1) is 18.1. The Balaban J connectivity index is 1.67. The lowest BCUT2D eigenvalue weighted by Crippen LogP contribution is -2.18. The number of nitrogens with one attached hydrogen (secondary N) is 1. The van der Waals surface area contributed by atoms with Gasteiger partial charge >= 0.3 is 0 Å². The molecule has 1 amide bonds. The van der Waals surface area contributed by atoms with Crippen LogP contribution in [0.25, 0.3) is 22.3 Å². The standard InChI is InChI=1S/C22H16N4O3/c27-15-9-8-14(21(28)11-15)13-24-26-22(29)17-12-20(19-7-3-4-10-23-19)25-18-6-2-1-5-16(17)18/h1-13,27-28H,(H,26,29). The third kappa shape index (κ3) is 3.89. The zero-order chi connectivity index (χ0) is 20.2. The summed E-state index contributed by atoms with van der Waals surface area (Å²) >= 11 is 0. The van der Waals surface area contributed by atoms with Crippen molar-refractivity contribution in [3.63, 3.8) is 0 Å². The Morgan fingerprint density at radius 1 is 0.966 bits per heavy atom. The van der Waals surface area contributed by atoms with Crippen molar-refractivity contribution in [3.05, 3.63) is 84.1 Å². The second-order valence-electron chi connectivity index (χ2n) is 6.23. The van der Waals surface area contributed by atoms with E-state index in [0.29, 0.717) is 33.4 Å². The van der Waals surface area contributed by atoms with E-state index in [1.54, 1.807) is 12.3 Å². The Hall–Kier alpha value is -4.26. The number of amides is 1. The summed E-state index contributed by atoms with van der Waals surface area (Å²) in [5.74, 6) is -0.626. The van der Waals surface area contributed by atoms with Gasteiger partial charge in [0.25, 0.3) is 5.91 Å². The highest BCUT2D eigenvalue weighted by Crippen LogP contribution is 2.24. The summed E-state index contributed by atoms with van der Waals surface area (Å²) in [5.41, 5.74) is 5.14. The van der Waals surface area contributed by atoms with Crippen LogP contribution in [0.1, 0.15) is 15.9 Å². The molecule has 0 aliphatic carbocycles. The molecule has 29 heavy (non-hydrogen) atoms. The van der Waals surface area contributed by atoms with Crippen molar-refractivity contribution in [1.29, 1.82) is 0 Å². The second-order valence-corrected chi connectivity index (χ2v) is 6.23. The van der Waals surface area contributed by atoms with E-state index in [9.17, 15) is 15.0 Å². The van der Waals surface area contributed by atoms with E-state index in [4.69, 9.17) is 0 Å². The van der Waals surface area contributed by atoms with Crippen LogP contribution in [-0.2, 0) is 0 Å². The molecule has 0 unspecified atom stereocenters. The number of nitrogens with zero attached hydrogens (tertiary/aromatic N) is 3. The van der Waals surface area contributed by atoms with E-state index in [0.717, 1.165) is 0 Å². The molecule has 7 heteroatoms. The molecule has 2 aromatic heterocycles. The molecule has 0 spiro atoms. The van der Waals surface area contributed by atoms with Crippen molar-refractivity contribution >= 4 is 23.0 Å². The van der Waals surface area contributed by atoms with Crippen LogP contribution in [0.5, 0.6) is 11.5 Å². The van der Waals surface area contributed by atoms with Crippen molar-refractivity contribution in [2.45, 2.75) is 0 Å². The number of rotatable bonds is 4. The molecular weight excluding hydrogens is 368 g/mol. The predicted octanol–water partition coefficient (Wildman–Crippen LogP) is 3.47. The Morgan fingerprint density at radius 2 is 1.79 bits per heavy atom. The molecule has 3 N–H and O–H groups in total. The van der Waals surface area contributed by atoms with E-state index in [2.05, 4.69) is 20.5 Å². The minimum Gasteiger partial charge on any atom is -0.508 e. The average molecular weight is 384 g/mol. The fourth-order valence-corrected chi connectivity index (χ4v) is 2.87. The summed E-state index contributed by atoms with van der Waals surface area (Å²) in [6, 6.07) is 18.6. The Labute approximate surface area is 166 Å². The number of phenolic OH excluding ortho intramolecular Hbond substituents is 2. The summed E-state index contributed by atoms with van der Waals surface area (Å²) in [4.78, 5) is 21.7. The van der Waals surface area contributed by atoms with Gasteiger partial charge in [0.05, 0.1) is 28.7 Å². The van der Waals surface area contributed by atoms with Gasteiger partial charge in [-0.05, 0) is 36.4 Å². The highest BCUT2D eigenvalue weighted by atomic mass is 16.3. The molecule has 0 bridgehead atoms. The topological polar surface area (TPSA) is 108 Å². The molecule has 0 saturated carbocycles. The van der Waals surface area contributed by atoms with Gasteiger partial charge < -0.3 is 10.2 Å². The van der Waals surface area contributed by atoms with Gasteiger partial charge in [0.1, 0.15) is 11.5 Å². The van der Waals surface area contributed by atoms with Crippen molar-refractivity contribution in [1.82, 2.24) is 15.4 Å². The van der Waals surface area contributed by atoms with Crippen LogP contribution in [0.3, 0.4) is 0 Å². The molecule has 0 radical (unpaired) electrons. The summed E-state index contributed by atoms with van der Waals surface area (Å²) in [6.45, 7) is 0. The number of pyridine rings is 2. The third-order valence-electron chi connectivity index (χ3n) is 4.27. The number of hydrogen-bond acceptors (Lipinski definition) is 6. The zero-order valence-electron chi connectivity index (χ0n) is 15.1. The van der Waals surface area contributed by atoms with Crippen LogP contribution in [-0.4, -0.2) is 32.3 Å². The van der Waals surface area contributed by atoms with E-state index >= 15 is 0 Å². The molecule has 0 atom stereocenters. The maximum atomic E-state index is 12.8. The molecule has 0 fully saturated rings. The average Bonchev–Trinajstić information content (AvgIpc) is 2.75. The number of aromatic nitrogens is 2. The number of benzene rings is 2. The van der Waals surface area contributed by atoms with Gasteiger partial charge in [0.15, 0.2) is 0 Å². The van der Waals surface area contributed by atoms with Gasteiger partial charge in [-0.15, -0.1) is 0 Å². The molecule has 0 aliphatic heterocycles. The number of aromatic hydroxyl groups is 2. The fraction of sp³-hybridized carbons (Fsp3) is 0. The van der Waals surface area contributed by atoms with E-state index in [1.807, 2.05) is 42.5 Å². The Bertz CT molecular complexity index is 1220. The summed E-state index contributed by atoms with van der Waals surface area (Å²) in [5, 5.41) is 23.7. The largest absolute Gasteiger partial charge is 0.508 e. The first-order chi connectivity index (χ1) is 14.1. The maximum absolute atomic E-state index is 12.8. The zero-order valence-corrected chi connectivity index (χ0v) is 15.1. The van der Waals surface area contributed by atoms with Crippen molar-refractivity contribution < 1.29 is 15.0 Å². The quantitative estimate of drug-likeness (QED) is 0.369. The fourth-order valence-electron chi connectivity index (χ4n) is 2.87. The molecule has 2 aromatic carbocycles. The highest BCUT2D eigenvalue weighted by Gasteiger charge is 2.14. The Morgan fingerprint density at radius 3 is 2.59 bits per heavy atom. The number of hydrogen-bond donors (Lipinski definition) is 3. The third-order valence-corrected chi connectivity index (χ3v) is 4.27. The SMILES string of the molecule is O=C(NN=Cc1ccc(O)cc1O)c1cc(-c2ccccn2)nc2ccccc12. The van der Waals surface area contributed by atoms with Crippen LogP contribution < -0.4 is 5.43 Å². The normalized spacial score (nSPS) is 11.0. The minimum absolute atomic E-state index is 0.0611. The number of carbonyl (C=O) groups excluding carboxylic acids is 1. The lowest BCUT2D eigenvalue weighted by Gasteiger charge is -2.08. The number of carbonyl (C=O) groups is 1. The molecule has 2 heterocycles. The molecule has 7 nitrogen and oxygen atoms in total. The molecule has 0 saturated heterocycles. The van der Waals surface area contributed by atoms with Gasteiger partial charge in [0.2, 0.25) is 0 Å². The smallest absolute Gasteiger partial charge is 0.272 e. The van der Waals surface area contributed by atoms with E-state index in [-0.39, 0.29) is 11.5 Å². The van der Waals surface area contributed by atoms with E-state index in [1.165, 1.54) is 24.4 Å². The van der Waals surface area contributed by atoms with Crippen LogP contribution in [0.15, 0.2) is 78.0 Å². The molecule has 4 aromatic rings. The minimum atomic E-state index is -0.421. The number of phenols is 2. The van der Waals surface area contributed by atoms with Crippen LogP contribution >= 0.6 is 0 Å². The first-order valence-corrected chi connectivity index (χ1v) is 8.78. The predicted molar refractivity (Wildman–Crippen MR) is 110 cm³/mol. The lowest BCUT2D eigenvalue weighted by molar-refractivity contribution is 0.0956. The molecule has 0 aliphatic rings. The summed E-state index contributed by atoms with van der Waals surface area (Å²) in [6.07, 6.45) is 2.97. The molecular formula is C22H16N4O3.